The first-order chi connectivity index (χ1) is 9.16. The van der Waals surface area contributed by atoms with Crippen LogP contribution in [0.4, 0.5) is 0 Å². The molecule has 5 heteroatoms. The molecule has 0 radical (unpaired) electrons. The number of aryl methyl sites for hydroxylation is 1. The molecule has 0 saturated heterocycles. The Morgan fingerprint density at radius 3 is 2.84 bits per heavy atom. The van der Waals surface area contributed by atoms with E-state index < -0.39 is 0 Å². The normalized spacial score (nSPS) is 10.8. The summed E-state index contributed by atoms with van der Waals surface area (Å²) in [6.45, 7) is 1.96. The lowest BCUT2D eigenvalue weighted by Gasteiger charge is -2.10. The Labute approximate surface area is 117 Å². The molecule has 0 aliphatic heterocycles. The van der Waals surface area contributed by atoms with Crippen LogP contribution in [-0.2, 0) is 0 Å². The molecule has 19 heavy (non-hydrogen) atoms. The molecule has 3 aromatic rings. The lowest BCUT2D eigenvalue weighted by atomic mass is 10.0. The van der Waals surface area contributed by atoms with Crippen molar-refractivity contribution in [3.8, 4) is 11.1 Å². The molecular formula is C14H10BrN3O. The molecule has 0 fully saturated rings. The summed E-state index contributed by atoms with van der Waals surface area (Å²) in [5, 5.41) is 0.894. The molecule has 0 saturated carbocycles. The molecule has 0 unspecified atom stereocenters. The molecule has 0 atom stereocenters. The number of rotatable bonds is 1. The summed E-state index contributed by atoms with van der Waals surface area (Å²) in [7, 11) is 0. The van der Waals surface area contributed by atoms with Gasteiger partial charge in [0.15, 0.2) is 0 Å². The maximum atomic E-state index is 11.3. The predicted octanol–water partition coefficient (Wildman–Crippen LogP) is 3.06. The first-order valence-electron chi connectivity index (χ1n) is 5.76. The van der Waals surface area contributed by atoms with Gasteiger partial charge < -0.3 is 4.98 Å². The third kappa shape index (κ3) is 2.06. The van der Waals surface area contributed by atoms with Crippen molar-refractivity contribution in [2.24, 2.45) is 0 Å². The summed E-state index contributed by atoms with van der Waals surface area (Å²) in [4.78, 5) is 22.2. The Kier molecular flexibility index (Phi) is 2.91. The molecule has 0 aliphatic rings. The van der Waals surface area contributed by atoms with E-state index in [1.807, 2.05) is 31.2 Å². The number of pyridine rings is 1. The number of aromatic amines is 1. The highest BCUT2D eigenvalue weighted by atomic mass is 79.9. The van der Waals surface area contributed by atoms with Crippen LogP contribution in [0.1, 0.15) is 5.69 Å². The van der Waals surface area contributed by atoms with E-state index in [4.69, 9.17) is 0 Å². The predicted molar refractivity (Wildman–Crippen MR) is 78.0 cm³/mol. The fourth-order valence-electron chi connectivity index (χ4n) is 2.13. The molecule has 1 aromatic carbocycles. The monoisotopic (exact) mass is 315 g/mol. The van der Waals surface area contributed by atoms with Gasteiger partial charge in [-0.1, -0.05) is 22.0 Å². The van der Waals surface area contributed by atoms with Gasteiger partial charge in [0.25, 0.3) is 0 Å². The molecule has 4 nitrogen and oxygen atoms in total. The fraction of sp³-hybridized carbons (Fsp3) is 0.0714. The zero-order valence-electron chi connectivity index (χ0n) is 10.1. The van der Waals surface area contributed by atoms with Crippen molar-refractivity contribution in [3.05, 3.63) is 57.3 Å². The van der Waals surface area contributed by atoms with Gasteiger partial charge in [0.1, 0.15) is 0 Å². The van der Waals surface area contributed by atoms with Crippen molar-refractivity contribution in [1.29, 1.82) is 0 Å². The van der Waals surface area contributed by atoms with E-state index in [9.17, 15) is 4.79 Å². The van der Waals surface area contributed by atoms with Crippen LogP contribution >= 0.6 is 15.9 Å². The molecule has 0 amide bonds. The minimum absolute atomic E-state index is 0.344. The highest BCUT2D eigenvalue weighted by Gasteiger charge is 2.11. The Morgan fingerprint density at radius 1 is 1.21 bits per heavy atom. The van der Waals surface area contributed by atoms with E-state index in [1.54, 1.807) is 12.4 Å². The van der Waals surface area contributed by atoms with Gasteiger partial charge in [-0.3, -0.25) is 4.98 Å². The van der Waals surface area contributed by atoms with Crippen LogP contribution in [0, 0.1) is 6.92 Å². The van der Waals surface area contributed by atoms with Crippen LogP contribution in [0.5, 0.6) is 0 Å². The van der Waals surface area contributed by atoms with Crippen LogP contribution in [0.25, 0.3) is 22.0 Å². The number of nitrogens with one attached hydrogen (secondary N) is 1. The zero-order valence-corrected chi connectivity index (χ0v) is 11.7. The number of benzene rings is 1. The van der Waals surface area contributed by atoms with Crippen LogP contribution in [0.15, 0.2) is 45.9 Å². The molecule has 94 valence electrons. The molecule has 0 bridgehead atoms. The largest absolute Gasteiger partial charge is 0.345 e. The van der Waals surface area contributed by atoms with Crippen LogP contribution < -0.4 is 5.69 Å². The van der Waals surface area contributed by atoms with Gasteiger partial charge in [0.05, 0.1) is 5.52 Å². The van der Waals surface area contributed by atoms with Gasteiger partial charge in [-0.05, 0) is 25.1 Å². The van der Waals surface area contributed by atoms with Crippen molar-refractivity contribution in [2.45, 2.75) is 6.92 Å². The molecule has 1 N–H and O–H groups in total. The van der Waals surface area contributed by atoms with Gasteiger partial charge in [0, 0.05) is 39.1 Å². The van der Waals surface area contributed by atoms with Crippen molar-refractivity contribution < 1.29 is 0 Å². The summed E-state index contributed by atoms with van der Waals surface area (Å²) in [6, 6.07) is 7.68. The summed E-state index contributed by atoms with van der Waals surface area (Å²) in [5.74, 6) is 0. The summed E-state index contributed by atoms with van der Waals surface area (Å²) in [6.07, 6.45) is 3.36. The average Bonchev–Trinajstić information content (AvgIpc) is 2.40. The second-order valence-corrected chi connectivity index (χ2v) is 5.06. The Balaban J connectivity index is 2.43. The van der Waals surface area contributed by atoms with Crippen LogP contribution in [0.2, 0.25) is 0 Å². The quantitative estimate of drug-likeness (QED) is 0.750. The number of nitrogens with zero attached hydrogens (tertiary/aromatic N) is 2. The minimum Gasteiger partial charge on any atom is -0.305 e. The minimum atomic E-state index is -0.344. The smallest absolute Gasteiger partial charge is 0.305 e. The lowest BCUT2D eigenvalue weighted by molar-refractivity contribution is 1.12. The molecule has 2 aromatic heterocycles. The van der Waals surface area contributed by atoms with E-state index >= 15 is 0 Å². The van der Waals surface area contributed by atoms with Gasteiger partial charge in [-0.2, -0.15) is 0 Å². The van der Waals surface area contributed by atoms with Crippen molar-refractivity contribution >= 4 is 26.8 Å². The van der Waals surface area contributed by atoms with Crippen molar-refractivity contribution in [3.63, 3.8) is 0 Å². The Bertz CT molecular complexity index is 826. The third-order valence-electron chi connectivity index (χ3n) is 3.02. The van der Waals surface area contributed by atoms with E-state index in [1.165, 1.54) is 0 Å². The summed E-state index contributed by atoms with van der Waals surface area (Å²) in [5.41, 5.74) is 3.37. The van der Waals surface area contributed by atoms with Crippen LogP contribution in [-0.4, -0.2) is 15.0 Å². The number of halogens is 1. The number of aromatic nitrogens is 3. The van der Waals surface area contributed by atoms with E-state index in [0.29, 0.717) is 0 Å². The Hall–Kier alpha value is -2.01. The summed E-state index contributed by atoms with van der Waals surface area (Å²) < 4.78 is 0.949. The number of hydrogen-bond acceptors (Lipinski definition) is 3. The fourth-order valence-corrected chi connectivity index (χ4v) is 2.69. The second-order valence-electron chi connectivity index (χ2n) is 4.21. The maximum Gasteiger partial charge on any atom is 0.345 e. The highest BCUT2D eigenvalue weighted by molar-refractivity contribution is 9.10. The summed E-state index contributed by atoms with van der Waals surface area (Å²) >= 11 is 3.56. The van der Waals surface area contributed by atoms with E-state index in [0.717, 1.165) is 32.2 Å². The number of hydrogen-bond donors (Lipinski definition) is 1. The topological polar surface area (TPSA) is 58.6 Å². The lowest BCUT2D eigenvalue weighted by Crippen LogP contribution is -2.08. The standard InChI is InChI=1S/C14H10BrN3O/c1-8-9(3-2-6-16-8)13-10-7-17-14(19)18-12(10)5-4-11(13)15/h2-7H,1H3,(H,17,18,19). The first-order valence-corrected chi connectivity index (χ1v) is 6.55. The van der Waals surface area contributed by atoms with Gasteiger partial charge >= 0.3 is 5.69 Å². The van der Waals surface area contributed by atoms with Gasteiger partial charge in [0.2, 0.25) is 0 Å². The first kappa shape index (κ1) is 12.0. The van der Waals surface area contributed by atoms with Crippen molar-refractivity contribution in [2.75, 3.05) is 0 Å². The number of fused-ring (bicyclic) bond motifs is 1. The molecule has 0 aliphatic carbocycles. The third-order valence-corrected chi connectivity index (χ3v) is 3.68. The SMILES string of the molecule is Cc1ncccc1-c1c(Br)ccc2[nH]c(=O)ncc12. The van der Waals surface area contributed by atoms with Gasteiger partial charge in [-0.25, -0.2) is 9.78 Å². The molecule has 0 spiro atoms. The van der Waals surface area contributed by atoms with Crippen molar-refractivity contribution in [1.82, 2.24) is 15.0 Å². The zero-order chi connectivity index (χ0) is 13.4. The van der Waals surface area contributed by atoms with Crippen LogP contribution in [0.3, 0.4) is 0 Å². The average molecular weight is 316 g/mol. The molecule has 2 heterocycles. The maximum absolute atomic E-state index is 11.3. The Morgan fingerprint density at radius 2 is 2.05 bits per heavy atom. The number of H-pyrrole nitrogens is 1. The second kappa shape index (κ2) is 4.59. The van der Waals surface area contributed by atoms with E-state index in [-0.39, 0.29) is 5.69 Å². The van der Waals surface area contributed by atoms with Gasteiger partial charge in [-0.15, -0.1) is 0 Å². The molecular weight excluding hydrogens is 306 g/mol. The highest BCUT2D eigenvalue weighted by Crippen LogP contribution is 2.35. The molecule has 3 rings (SSSR count). The van der Waals surface area contributed by atoms with E-state index in [2.05, 4.69) is 30.9 Å².